The summed E-state index contributed by atoms with van der Waals surface area (Å²) in [5, 5.41) is 12.4. The molecule has 4 heteroatoms. The largest absolute Gasteiger partial charge is 0.454 e. The van der Waals surface area contributed by atoms with E-state index >= 15 is 0 Å². The molecule has 0 saturated heterocycles. The van der Waals surface area contributed by atoms with Crippen molar-refractivity contribution >= 4 is 10.8 Å². The molecule has 1 aromatic heterocycles. The summed E-state index contributed by atoms with van der Waals surface area (Å²) in [5.41, 5.74) is 1.44. The molecule has 0 aliphatic carbocycles. The minimum Gasteiger partial charge on any atom is -0.454 e. The number of ether oxygens (including phenoxy) is 2. The van der Waals surface area contributed by atoms with Crippen LogP contribution in [-0.4, -0.2) is 16.9 Å². The SMILES string of the molecule is O[C@H](c1ccccc1)c1nccc2cc3c(cc12)OCO3. The Hall–Kier alpha value is -2.59. The Balaban J connectivity index is 1.89. The number of aliphatic hydroxyl groups excluding tert-OH is 1. The fraction of sp³-hybridized carbons (Fsp3) is 0.118. The van der Waals surface area contributed by atoms with Crippen molar-refractivity contribution in [1.82, 2.24) is 4.98 Å². The summed E-state index contributed by atoms with van der Waals surface area (Å²) in [6.07, 6.45) is 0.932. The third-order valence-corrected chi connectivity index (χ3v) is 3.66. The van der Waals surface area contributed by atoms with Crippen molar-refractivity contribution in [3.8, 4) is 11.5 Å². The van der Waals surface area contributed by atoms with Crippen molar-refractivity contribution in [2.75, 3.05) is 6.79 Å². The number of benzene rings is 2. The van der Waals surface area contributed by atoms with Gasteiger partial charge in [0.15, 0.2) is 11.5 Å². The van der Waals surface area contributed by atoms with Gasteiger partial charge in [0.2, 0.25) is 6.79 Å². The van der Waals surface area contributed by atoms with Crippen molar-refractivity contribution in [2.45, 2.75) is 6.10 Å². The van der Waals surface area contributed by atoms with Gasteiger partial charge in [-0.15, -0.1) is 0 Å². The highest BCUT2D eigenvalue weighted by atomic mass is 16.7. The highest BCUT2D eigenvalue weighted by Crippen LogP contribution is 2.38. The molecule has 0 fully saturated rings. The molecule has 104 valence electrons. The van der Waals surface area contributed by atoms with Crippen molar-refractivity contribution in [3.63, 3.8) is 0 Å². The lowest BCUT2D eigenvalue weighted by Gasteiger charge is -2.13. The normalized spacial score (nSPS) is 14.3. The zero-order valence-corrected chi connectivity index (χ0v) is 11.2. The fourth-order valence-electron chi connectivity index (χ4n) is 2.60. The summed E-state index contributed by atoms with van der Waals surface area (Å²) in [6.45, 7) is 0.232. The molecule has 2 heterocycles. The summed E-state index contributed by atoms with van der Waals surface area (Å²) < 4.78 is 10.8. The van der Waals surface area contributed by atoms with Crippen molar-refractivity contribution in [3.05, 3.63) is 66.0 Å². The topological polar surface area (TPSA) is 51.6 Å². The van der Waals surface area contributed by atoms with Crippen LogP contribution >= 0.6 is 0 Å². The summed E-state index contributed by atoms with van der Waals surface area (Å²) in [7, 11) is 0. The van der Waals surface area contributed by atoms with Crippen molar-refractivity contribution < 1.29 is 14.6 Å². The van der Waals surface area contributed by atoms with Crippen molar-refractivity contribution in [2.24, 2.45) is 0 Å². The zero-order chi connectivity index (χ0) is 14.2. The van der Waals surface area contributed by atoms with E-state index in [9.17, 15) is 5.11 Å². The van der Waals surface area contributed by atoms with Gasteiger partial charge in [0.05, 0.1) is 5.69 Å². The van der Waals surface area contributed by atoms with Crippen LogP contribution in [0.15, 0.2) is 54.7 Å². The van der Waals surface area contributed by atoms with E-state index < -0.39 is 6.10 Å². The van der Waals surface area contributed by atoms with Gasteiger partial charge in [0.25, 0.3) is 0 Å². The van der Waals surface area contributed by atoms with Crippen LogP contribution in [0.1, 0.15) is 17.4 Å². The molecule has 4 rings (SSSR count). The Bertz CT molecular complexity index is 802. The second-order valence-electron chi connectivity index (χ2n) is 4.94. The summed E-state index contributed by atoms with van der Waals surface area (Å²) in [5.74, 6) is 1.42. The average molecular weight is 279 g/mol. The first-order valence-corrected chi connectivity index (χ1v) is 6.74. The predicted molar refractivity (Wildman–Crippen MR) is 78.4 cm³/mol. The van der Waals surface area contributed by atoms with Gasteiger partial charge in [-0.1, -0.05) is 30.3 Å². The average Bonchev–Trinajstić information content (AvgIpc) is 2.99. The number of nitrogens with zero attached hydrogens (tertiary/aromatic N) is 1. The number of hydrogen-bond donors (Lipinski definition) is 1. The second kappa shape index (κ2) is 4.75. The molecular weight excluding hydrogens is 266 g/mol. The fourth-order valence-corrected chi connectivity index (χ4v) is 2.60. The Morgan fingerprint density at radius 1 is 1.00 bits per heavy atom. The van der Waals surface area contributed by atoms with Gasteiger partial charge < -0.3 is 14.6 Å². The van der Waals surface area contributed by atoms with E-state index in [2.05, 4.69) is 4.98 Å². The Kier molecular flexibility index (Phi) is 2.75. The molecular formula is C17H13NO3. The molecule has 0 unspecified atom stereocenters. The highest BCUT2D eigenvalue weighted by Gasteiger charge is 2.19. The lowest BCUT2D eigenvalue weighted by molar-refractivity contribution is 0.174. The minimum absolute atomic E-state index is 0.232. The number of rotatable bonds is 2. The molecule has 1 aliphatic heterocycles. The van der Waals surface area contributed by atoms with Crippen LogP contribution in [0.2, 0.25) is 0 Å². The molecule has 1 N–H and O–H groups in total. The van der Waals surface area contributed by atoms with E-state index in [-0.39, 0.29) is 6.79 Å². The van der Waals surface area contributed by atoms with E-state index in [1.54, 1.807) is 6.20 Å². The van der Waals surface area contributed by atoms with Crippen LogP contribution in [0.25, 0.3) is 10.8 Å². The third kappa shape index (κ3) is 2.00. The number of aromatic nitrogens is 1. The highest BCUT2D eigenvalue weighted by molar-refractivity contribution is 5.88. The number of pyridine rings is 1. The molecule has 4 nitrogen and oxygen atoms in total. The number of aliphatic hydroxyl groups is 1. The van der Waals surface area contributed by atoms with E-state index in [1.807, 2.05) is 48.5 Å². The maximum absolute atomic E-state index is 10.6. The smallest absolute Gasteiger partial charge is 0.231 e. The number of hydrogen-bond acceptors (Lipinski definition) is 4. The molecule has 2 aromatic carbocycles. The van der Waals surface area contributed by atoms with Crippen molar-refractivity contribution in [1.29, 1.82) is 0 Å². The monoisotopic (exact) mass is 279 g/mol. The van der Waals surface area contributed by atoms with Crippen LogP contribution in [0.5, 0.6) is 11.5 Å². The lowest BCUT2D eigenvalue weighted by Crippen LogP contribution is -2.03. The molecule has 0 radical (unpaired) electrons. The zero-order valence-electron chi connectivity index (χ0n) is 11.2. The lowest BCUT2D eigenvalue weighted by atomic mass is 10.0. The van der Waals surface area contributed by atoms with E-state index in [0.29, 0.717) is 11.4 Å². The quantitative estimate of drug-likeness (QED) is 0.783. The maximum atomic E-state index is 10.6. The molecule has 0 amide bonds. The molecule has 3 aromatic rings. The van der Waals surface area contributed by atoms with Gasteiger partial charge in [0, 0.05) is 11.6 Å². The molecule has 1 aliphatic rings. The standard InChI is InChI=1S/C17H13NO3/c19-17(11-4-2-1-3-5-11)16-13-9-15-14(20-10-21-15)8-12(13)6-7-18-16/h1-9,17,19H,10H2/t17-/m1/s1. The Labute approximate surface area is 121 Å². The predicted octanol–water partition coefficient (Wildman–Crippen LogP) is 3.05. The van der Waals surface area contributed by atoms with Crippen LogP contribution in [0, 0.1) is 0 Å². The Morgan fingerprint density at radius 2 is 1.76 bits per heavy atom. The molecule has 0 saturated carbocycles. The Morgan fingerprint density at radius 3 is 2.57 bits per heavy atom. The van der Waals surface area contributed by atoms with E-state index in [4.69, 9.17) is 9.47 Å². The summed E-state index contributed by atoms with van der Waals surface area (Å²) in [4.78, 5) is 4.36. The van der Waals surface area contributed by atoms with Gasteiger partial charge in [-0.05, 0) is 29.1 Å². The molecule has 0 spiro atoms. The van der Waals surface area contributed by atoms with Crippen LogP contribution < -0.4 is 9.47 Å². The first kappa shape index (κ1) is 12.2. The van der Waals surface area contributed by atoms with Gasteiger partial charge >= 0.3 is 0 Å². The molecule has 21 heavy (non-hydrogen) atoms. The van der Waals surface area contributed by atoms with Crippen LogP contribution in [-0.2, 0) is 0 Å². The second-order valence-corrected chi connectivity index (χ2v) is 4.94. The first-order chi connectivity index (χ1) is 10.3. The maximum Gasteiger partial charge on any atom is 0.231 e. The van der Waals surface area contributed by atoms with E-state index in [1.165, 1.54) is 0 Å². The first-order valence-electron chi connectivity index (χ1n) is 6.74. The summed E-state index contributed by atoms with van der Waals surface area (Å²) in [6, 6.07) is 15.2. The molecule has 1 atom stereocenters. The van der Waals surface area contributed by atoms with Gasteiger partial charge in [-0.2, -0.15) is 0 Å². The van der Waals surface area contributed by atoms with Crippen LogP contribution in [0.4, 0.5) is 0 Å². The van der Waals surface area contributed by atoms with Gasteiger partial charge in [-0.25, -0.2) is 0 Å². The van der Waals surface area contributed by atoms with Gasteiger partial charge in [0.1, 0.15) is 6.10 Å². The van der Waals surface area contributed by atoms with Crippen LogP contribution in [0.3, 0.4) is 0 Å². The number of fused-ring (bicyclic) bond motifs is 2. The third-order valence-electron chi connectivity index (χ3n) is 3.66. The van der Waals surface area contributed by atoms with Gasteiger partial charge in [-0.3, -0.25) is 4.98 Å². The summed E-state index contributed by atoms with van der Waals surface area (Å²) >= 11 is 0. The minimum atomic E-state index is -0.768. The van der Waals surface area contributed by atoms with E-state index in [0.717, 1.165) is 22.1 Å². The molecule has 0 bridgehead atoms.